The third-order valence-electron chi connectivity index (χ3n) is 4.93. The van der Waals surface area contributed by atoms with Crippen LogP contribution in [0.2, 0.25) is 0 Å². The molecular formula is C18H26N3O4S+. The summed E-state index contributed by atoms with van der Waals surface area (Å²) in [7, 11) is 0. The Balaban J connectivity index is 1.84. The number of esters is 1. The van der Waals surface area contributed by atoms with E-state index in [0.717, 1.165) is 42.8 Å². The zero-order valence-electron chi connectivity index (χ0n) is 15.1. The van der Waals surface area contributed by atoms with E-state index in [4.69, 9.17) is 4.74 Å². The fourth-order valence-electron chi connectivity index (χ4n) is 3.71. The fourth-order valence-corrected chi connectivity index (χ4v) is 4.98. The van der Waals surface area contributed by atoms with E-state index in [2.05, 4.69) is 10.5 Å². The van der Waals surface area contributed by atoms with Gasteiger partial charge < -0.3 is 20.2 Å². The van der Waals surface area contributed by atoms with E-state index in [1.54, 1.807) is 6.92 Å². The lowest BCUT2D eigenvalue weighted by Crippen LogP contribution is -3.13. The summed E-state index contributed by atoms with van der Waals surface area (Å²) >= 11 is 1.31. The van der Waals surface area contributed by atoms with Crippen molar-refractivity contribution in [3.05, 3.63) is 16.0 Å². The first kappa shape index (κ1) is 18.8. The molecule has 1 amide bonds. The molecule has 0 atom stereocenters. The van der Waals surface area contributed by atoms with Gasteiger partial charge in [-0.25, -0.2) is 4.79 Å². The van der Waals surface area contributed by atoms with Gasteiger partial charge in [-0.15, -0.1) is 11.3 Å². The maximum atomic E-state index is 12.5. The highest BCUT2D eigenvalue weighted by atomic mass is 32.1. The average Bonchev–Trinajstić information content (AvgIpc) is 3.00. The number of carbonyl (C=O) groups excluding carboxylic acids is 2. The average molecular weight is 380 g/mol. The van der Waals surface area contributed by atoms with Crippen molar-refractivity contribution < 1.29 is 24.4 Å². The molecule has 0 unspecified atom stereocenters. The van der Waals surface area contributed by atoms with Crippen molar-refractivity contribution in [3.8, 4) is 0 Å². The van der Waals surface area contributed by atoms with Crippen LogP contribution in [0.4, 0.5) is 5.00 Å². The largest absolute Gasteiger partial charge is 0.462 e. The van der Waals surface area contributed by atoms with Crippen molar-refractivity contribution in [2.75, 3.05) is 31.6 Å². The summed E-state index contributed by atoms with van der Waals surface area (Å²) in [5.74, 6) is -0.515. The summed E-state index contributed by atoms with van der Waals surface area (Å²) in [6, 6.07) is 0. The first-order valence-electron chi connectivity index (χ1n) is 9.31. The Bertz CT molecular complexity index is 708. The standard InChI is InChI=1S/C18H25N3O4S/c1-2-25-18(23)15-12-7-6-8-13(20-24)16(12)26-17(15)19-14(22)11-21-9-4-3-5-10-21/h24H,2-11H2,1H3,(H,19,22)/p+1/b20-13+. The molecule has 7 nitrogen and oxygen atoms in total. The molecular weight excluding hydrogens is 354 g/mol. The minimum absolute atomic E-state index is 0.0893. The molecule has 0 aromatic carbocycles. The van der Waals surface area contributed by atoms with Gasteiger partial charge >= 0.3 is 5.97 Å². The number of piperidine rings is 1. The number of amides is 1. The van der Waals surface area contributed by atoms with Gasteiger partial charge in [0.05, 0.1) is 35.8 Å². The molecule has 2 aliphatic rings. The number of likely N-dealkylation sites (tertiary alicyclic amines) is 1. The molecule has 1 aliphatic heterocycles. The maximum absolute atomic E-state index is 12.5. The Hall–Kier alpha value is -1.93. The van der Waals surface area contributed by atoms with Crippen LogP contribution in [0.5, 0.6) is 0 Å². The number of hydrogen-bond donors (Lipinski definition) is 3. The van der Waals surface area contributed by atoms with Crippen molar-refractivity contribution >= 4 is 33.9 Å². The zero-order chi connectivity index (χ0) is 18.5. The van der Waals surface area contributed by atoms with Gasteiger partial charge in [-0.3, -0.25) is 4.79 Å². The van der Waals surface area contributed by atoms with Gasteiger partial charge in [-0.05, 0) is 51.0 Å². The lowest BCUT2D eigenvalue weighted by molar-refractivity contribution is -0.896. The van der Waals surface area contributed by atoms with E-state index in [1.165, 1.54) is 22.7 Å². The number of hydrogen-bond acceptors (Lipinski definition) is 6. The molecule has 0 radical (unpaired) electrons. The monoisotopic (exact) mass is 380 g/mol. The Kier molecular flexibility index (Phi) is 6.26. The minimum atomic E-state index is -0.426. The van der Waals surface area contributed by atoms with Gasteiger partial charge in [-0.2, -0.15) is 0 Å². The van der Waals surface area contributed by atoms with Crippen molar-refractivity contribution in [3.63, 3.8) is 0 Å². The summed E-state index contributed by atoms with van der Waals surface area (Å²) in [5, 5.41) is 16.1. The number of ether oxygens (including phenoxy) is 1. The van der Waals surface area contributed by atoms with E-state index >= 15 is 0 Å². The van der Waals surface area contributed by atoms with Crippen molar-refractivity contribution in [1.82, 2.24) is 0 Å². The molecule has 142 valence electrons. The molecule has 2 heterocycles. The van der Waals surface area contributed by atoms with Crippen LogP contribution in [-0.4, -0.2) is 49.0 Å². The lowest BCUT2D eigenvalue weighted by Gasteiger charge is -2.22. The SMILES string of the molecule is CCOC(=O)c1c(NC(=O)C[NH+]2CCCCC2)sc2c1CCC/C2=N\O. The number of nitrogens with zero attached hydrogens (tertiary/aromatic N) is 1. The van der Waals surface area contributed by atoms with E-state index in [-0.39, 0.29) is 12.5 Å². The molecule has 1 saturated heterocycles. The number of fused-ring (bicyclic) bond motifs is 1. The minimum Gasteiger partial charge on any atom is -0.462 e. The van der Waals surface area contributed by atoms with Crippen molar-refractivity contribution in [2.45, 2.75) is 45.4 Å². The normalized spacial score (nSPS) is 19.2. The van der Waals surface area contributed by atoms with Gasteiger partial charge in [-0.1, -0.05) is 5.16 Å². The predicted molar refractivity (Wildman–Crippen MR) is 99.6 cm³/mol. The molecule has 0 spiro atoms. The number of quaternary nitrogens is 1. The maximum Gasteiger partial charge on any atom is 0.341 e. The molecule has 3 N–H and O–H groups in total. The topological polar surface area (TPSA) is 92.4 Å². The van der Waals surface area contributed by atoms with Crippen LogP contribution in [0, 0.1) is 0 Å². The molecule has 3 rings (SSSR count). The number of carbonyl (C=O) groups is 2. The molecule has 1 fully saturated rings. The highest BCUT2D eigenvalue weighted by molar-refractivity contribution is 7.19. The second kappa shape index (κ2) is 8.64. The highest BCUT2D eigenvalue weighted by Crippen LogP contribution is 2.38. The van der Waals surface area contributed by atoms with Crippen LogP contribution < -0.4 is 10.2 Å². The predicted octanol–water partition coefficient (Wildman–Crippen LogP) is 1.45. The van der Waals surface area contributed by atoms with E-state index in [9.17, 15) is 14.8 Å². The molecule has 1 aromatic heterocycles. The molecule has 8 heteroatoms. The fraction of sp³-hybridized carbons (Fsp3) is 0.611. The molecule has 0 bridgehead atoms. The number of rotatable bonds is 5. The third-order valence-corrected chi connectivity index (χ3v) is 6.13. The van der Waals surface area contributed by atoms with Crippen molar-refractivity contribution in [2.24, 2.45) is 5.16 Å². The quantitative estimate of drug-likeness (QED) is 0.409. The van der Waals surface area contributed by atoms with Gasteiger partial charge in [0.2, 0.25) is 0 Å². The van der Waals surface area contributed by atoms with E-state index in [0.29, 0.717) is 35.7 Å². The summed E-state index contributed by atoms with van der Waals surface area (Å²) in [6.45, 7) is 4.47. The molecule has 1 aliphatic carbocycles. The van der Waals surface area contributed by atoms with Crippen LogP contribution in [0.1, 0.15) is 59.8 Å². The number of nitrogens with one attached hydrogen (secondary N) is 2. The zero-order valence-corrected chi connectivity index (χ0v) is 15.9. The van der Waals surface area contributed by atoms with Crippen LogP contribution in [0.3, 0.4) is 0 Å². The van der Waals surface area contributed by atoms with Crippen molar-refractivity contribution in [1.29, 1.82) is 0 Å². The highest BCUT2D eigenvalue weighted by Gasteiger charge is 2.30. The van der Waals surface area contributed by atoms with Gasteiger partial charge in [0.25, 0.3) is 5.91 Å². The first-order valence-corrected chi connectivity index (χ1v) is 10.1. The van der Waals surface area contributed by atoms with E-state index in [1.807, 2.05) is 0 Å². The molecule has 26 heavy (non-hydrogen) atoms. The summed E-state index contributed by atoms with van der Waals surface area (Å²) in [4.78, 5) is 27.1. The summed E-state index contributed by atoms with van der Waals surface area (Å²) in [5.41, 5.74) is 1.83. The third kappa shape index (κ3) is 4.07. The second-order valence-electron chi connectivity index (χ2n) is 6.77. The summed E-state index contributed by atoms with van der Waals surface area (Å²) in [6.07, 6.45) is 5.73. The van der Waals surface area contributed by atoms with Gasteiger partial charge in [0.15, 0.2) is 6.54 Å². The Morgan fingerprint density at radius 1 is 1.23 bits per heavy atom. The first-order chi connectivity index (χ1) is 12.6. The number of anilines is 1. The molecule has 0 saturated carbocycles. The van der Waals surface area contributed by atoms with Crippen LogP contribution in [0.25, 0.3) is 0 Å². The number of oxime groups is 1. The smallest absolute Gasteiger partial charge is 0.341 e. The van der Waals surface area contributed by atoms with Crippen LogP contribution in [0.15, 0.2) is 5.16 Å². The summed E-state index contributed by atoms with van der Waals surface area (Å²) < 4.78 is 5.20. The van der Waals surface area contributed by atoms with E-state index < -0.39 is 5.97 Å². The Labute approximate surface area is 157 Å². The Morgan fingerprint density at radius 2 is 2.00 bits per heavy atom. The van der Waals surface area contributed by atoms with Gasteiger partial charge in [0, 0.05) is 0 Å². The second-order valence-corrected chi connectivity index (χ2v) is 7.79. The van der Waals surface area contributed by atoms with Crippen LogP contribution in [-0.2, 0) is 16.0 Å². The number of thiophene rings is 1. The van der Waals surface area contributed by atoms with Gasteiger partial charge in [0.1, 0.15) is 5.00 Å². The Morgan fingerprint density at radius 3 is 2.69 bits per heavy atom. The van der Waals surface area contributed by atoms with Crippen LogP contribution >= 0.6 is 11.3 Å². The molecule has 1 aromatic rings. The lowest BCUT2D eigenvalue weighted by atomic mass is 9.94.